The van der Waals surface area contributed by atoms with Crippen molar-refractivity contribution in [1.29, 1.82) is 0 Å². The van der Waals surface area contributed by atoms with E-state index in [1.54, 1.807) is 0 Å². The van der Waals surface area contributed by atoms with E-state index in [9.17, 15) is 0 Å². The molecular weight excluding hydrogens is 238 g/mol. The molecule has 0 aliphatic heterocycles. The first-order valence-corrected chi connectivity index (χ1v) is 6.01. The second-order valence-corrected chi connectivity index (χ2v) is 4.55. The van der Waals surface area contributed by atoms with Gasteiger partial charge >= 0.3 is 0 Å². The van der Waals surface area contributed by atoms with Crippen LogP contribution in [0.3, 0.4) is 0 Å². The van der Waals surface area contributed by atoms with Gasteiger partial charge in [0.2, 0.25) is 11.7 Å². The number of benzene rings is 1. The van der Waals surface area contributed by atoms with Crippen molar-refractivity contribution in [3.63, 3.8) is 0 Å². The number of rotatable bonds is 4. The maximum atomic E-state index is 6.07. The van der Waals surface area contributed by atoms with Crippen molar-refractivity contribution in [2.24, 2.45) is 0 Å². The summed E-state index contributed by atoms with van der Waals surface area (Å²) in [4.78, 5) is 4.32. The van der Waals surface area contributed by atoms with Gasteiger partial charge in [0.1, 0.15) is 0 Å². The van der Waals surface area contributed by atoms with E-state index in [0.717, 1.165) is 5.56 Å². The number of halogens is 1. The Kier molecular flexibility index (Phi) is 2.82. The van der Waals surface area contributed by atoms with Crippen molar-refractivity contribution in [2.45, 2.75) is 25.4 Å². The predicted molar refractivity (Wildman–Crippen MR) is 64.6 cm³/mol. The molecule has 1 N–H and O–H groups in total. The summed E-state index contributed by atoms with van der Waals surface area (Å²) in [5, 5.41) is 7.89. The fourth-order valence-corrected chi connectivity index (χ4v) is 1.82. The molecule has 0 unspecified atom stereocenters. The Hall–Kier alpha value is -1.39. The van der Waals surface area contributed by atoms with Gasteiger partial charge in [-0.3, -0.25) is 0 Å². The summed E-state index contributed by atoms with van der Waals surface area (Å²) in [5.74, 6) is 1.15. The molecule has 3 rings (SSSR count). The summed E-state index contributed by atoms with van der Waals surface area (Å²) >= 11 is 6.07. The highest BCUT2D eigenvalue weighted by Crippen LogP contribution is 2.25. The lowest BCUT2D eigenvalue weighted by Gasteiger charge is -1.96. The van der Waals surface area contributed by atoms with E-state index < -0.39 is 0 Å². The van der Waals surface area contributed by atoms with Crippen LogP contribution in [0.4, 0.5) is 0 Å². The zero-order valence-electron chi connectivity index (χ0n) is 9.19. The van der Waals surface area contributed by atoms with Crippen LogP contribution in [0.2, 0.25) is 5.02 Å². The van der Waals surface area contributed by atoms with Crippen LogP contribution in [0.15, 0.2) is 28.8 Å². The Bertz CT molecular complexity index is 522. The van der Waals surface area contributed by atoms with E-state index in [0.29, 0.717) is 29.3 Å². The molecule has 88 valence electrons. The topological polar surface area (TPSA) is 51.0 Å². The summed E-state index contributed by atoms with van der Waals surface area (Å²) < 4.78 is 5.17. The van der Waals surface area contributed by atoms with Crippen LogP contribution in [0.25, 0.3) is 11.4 Å². The molecule has 1 saturated carbocycles. The van der Waals surface area contributed by atoms with Gasteiger partial charge in [-0.05, 0) is 25.0 Å². The smallest absolute Gasteiger partial charge is 0.240 e. The molecule has 1 heterocycles. The van der Waals surface area contributed by atoms with Crippen molar-refractivity contribution < 1.29 is 4.52 Å². The lowest BCUT2D eigenvalue weighted by molar-refractivity contribution is 0.367. The van der Waals surface area contributed by atoms with Crippen molar-refractivity contribution in [3.8, 4) is 11.4 Å². The first kappa shape index (κ1) is 10.7. The molecule has 0 amide bonds. The molecule has 1 aliphatic rings. The Labute approximate surface area is 104 Å². The quantitative estimate of drug-likeness (QED) is 0.905. The predicted octanol–water partition coefficient (Wildman–Crippen LogP) is 2.64. The normalized spacial score (nSPS) is 15.1. The summed E-state index contributed by atoms with van der Waals surface area (Å²) in [7, 11) is 0. The number of hydrogen-bond donors (Lipinski definition) is 1. The first-order chi connectivity index (χ1) is 8.33. The molecule has 1 aromatic heterocycles. The average Bonchev–Trinajstić information content (AvgIpc) is 3.06. The number of nitrogens with one attached hydrogen (secondary N) is 1. The molecule has 0 spiro atoms. The monoisotopic (exact) mass is 249 g/mol. The van der Waals surface area contributed by atoms with Gasteiger partial charge in [0, 0.05) is 11.6 Å². The van der Waals surface area contributed by atoms with Crippen LogP contribution in [0, 0.1) is 0 Å². The minimum atomic E-state index is 0.545. The third-order valence-electron chi connectivity index (χ3n) is 2.70. The molecule has 5 heteroatoms. The molecule has 1 fully saturated rings. The molecule has 0 radical (unpaired) electrons. The molecule has 0 saturated heterocycles. The average molecular weight is 250 g/mol. The number of nitrogens with zero attached hydrogens (tertiary/aromatic N) is 2. The second kappa shape index (κ2) is 4.47. The van der Waals surface area contributed by atoms with Crippen LogP contribution in [-0.2, 0) is 6.54 Å². The Balaban J connectivity index is 1.77. The maximum absolute atomic E-state index is 6.07. The van der Waals surface area contributed by atoms with Gasteiger partial charge in [0.05, 0.1) is 11.6 Å². The van der Waals surface area contributed by atoms with Gasteiger partial charge in [-0.15, -0.1) is 0 Å². The molecule has 17 heavy (non-hydrogen) atoms. The van der Waals surface area contributed by atoms with Crippen molar-refractivity contribution >= 4 is 11.6 Å². The van der Waals surface area contributed by atoms with Gasteiger partial charge < -0.3 is 9.84 Å². The van der Waals surface area contributed by atoms with Crippen molar-refractivity contribution in [1.82, 2.24) is 15.5 Å². The third-order valence-corrected chi connectivity index (χ3v) is 3.03. The Morgan fingerprint density at radius 1 is 1.35 bits per heavy atom. The van der Waals surface area contributed by atoms with Crippen molar-refractivity contribution in [2.75, 3.05) is 0 Å². The standard InChI is InChI=1S/C12H12ClN3O/c13-10-4-2-1-3-9(10)12-15-11(17-16-12)7-14-8-5-6-8/h1-4,8,14H,5-7H2. The van der Waals surface area contributed by atoms with Crippen LogP contribution < -0.4 is 5.32 Å². The number of hydrogen-bond acceptors (Lipinski definition) is 4. The minimum absolute atomic E-state index is 0.545. The highest BCUT2D eigenvalue weighted by atomic mass is 35.5. The molecule has 1 aliphatic carbocycles. The second-order valence-electron chi connectivity index (χ2n) is 4.15. The molecule has 4 nitrogen and oxygen atoms in total. The van der Waals surface area contributed by atoms with Gasteiger partial charge in [0.15, 0.2) is 0 Å². The number of aromatic nitrogens is 2. The lowest BCUT2D eigenvalue weighted by Crippen LogP contribution is -2.15. The SMILES string of the molecule is Clc1ccccc1-c1noc(CNC2CC2)n1. The van der Waals surface area contributed by atoms with Gasteiger partial charge in [-0.25, -0.2) is 0 Å². The van der Waals surface area contributed by atoms with E-state index in [1.807, 2.05) is 24.3 Å². The first-order valence-electron chi connectivity index (χ1n) is 5.64. The van der Waals surface area contributed by atoms with Crippen LogP contribution in [0.1, 0.15) is 18.7 Å². The van der Waals surface area contributed by atoms with E-state index in [2.05, 4.69) is 15.5 Å². The summed E-state index contributed by atoms with van der Waals surface area (Å²) in [6.07, 6.45) is 2.48. The summed E-state index contributed by atoms with van der Waals surface area (Å²) in [5.41, 5.74) is 0.801. The Morgan fingerprint density at radius 2 is 2.18 bits per heavy atom. The highest BCUT2D eigenvalue weighted by molar-refractivity contribution is 6.33. The largest absolute Gasteiger partial charge is 0.338 e. The summed E-state index contributed by atoms with van der Waals surface area (Å²) in [6, 6.07) is 8.10. The van der Waals surface area contributed by atoms with Crippen LogP contribution in [0.5, 0.6) is 0 Å². The van der Waals surface area contributed by atoms with E-state index in [-0.39, 0.29) is 0 Å². The fourth-order valence-electron chi connectivity index (χ4n) is 1.60. The fraction of sp³-hybridized carbons (Fsp3) is 0.333. The summed E-state index contributed by atoms with van der Waals surface area (Å²) in [6.45, 7) is 0.627. The van der Waals surface area contributed by atoms with Crippen LogP contribution >= 0.6 is 11.6 Å². The lowest BCUT2D eigenvalue weighted by atomic mass is 10.2. The molecule has 2 aromatic rings. The minimum Gasteiger partial charge on any atom is -0.338 e. The van der Waals surface area contributed by atoms with E-state index >= 15 is 0 Å². The zero-order valence-corrected chi connectivity index (χ0v) is 9.94. The van der Waals surface area contributed by atoms with E-state index in [4.69, 9.17) is 16.1 Å². The van der Waals surface area contributed by atoms with Gasteiger partial charge in [-0.1, -0.05) is 28.9 Å². The molecular formula is C12H12ClN3O. The highest BCUT2D eigenvalue weighted by Gasteiger charge is 2.21. The third kappa shape index (κ3) is 2.48. The maximum Gasteiger partial charge on any atom is 0.240 e. The Morgan fingerprint density at radius 3 is 2.94 bits per heavy atom. The van der Waals surface area contributed by atoms with Crippen molar-refractivity contribution in [3.05, 3.63) is 35.2 Å². The zero-order chi connectivity index (χ0) is 11.7. The van der Waals surface area contributed by atoms with E-state index in [1.165, 1.54) is 12.8 Å². The van der Waals surface area contributed by atoms with Gasteiger partial charge in [-0.2, -0.15) is 4.98 Å². The molecule has 1 aromatic carbocycles. The van der Waals surface area contributed by atoms with Gasteiger partial charge in [0.25, 0.3) is 0 Å². The molecule has 0 atom stereocenters. The molecule has 0 bridgehead atoms. The van der Waals surface area contributed by atoms with Crippen LogP contribution in [-0.4, -0.2) is 16.2 Å².